The first-order valence-corrected chi connectivity index (χ1v) is 8.62. The van der Waals surface area contributed by atoms with Crippen LogP contribution in [0.3, 0.4) is 0 Å². The van der Waals surface area contributed by atoms with Gasteiger partial charge in [-0.25, -0.2) is 14.4 Å². The summed E-state index contributed by atoms with van der Waals surface area (Å²) >= 11 is 0. The van der Waals surface area contributed by atoms with Gasteiger partial charge in [0.2, 0.25) is 0 Å². The Labute approximate surface area is 145 Å². The van der Waals surface area contributed by atoms with Crippen molar-refractivity contribution in [3.63, 3.8) is 0 Å². The number of aromatic nitrogens is 4. The summed E-state index contributed by atoms with van der Waals surface area (Å²) in [6.45, 7) is 6.38. The van der Waals surface area contributed by atoms with Gasteiger partial charge in [-0.05, 0) is 50.5 Å². The smallest absolute Gasteiger partial charge is 0.140 e. The summed E-state index contributed by atoms with van der Waals surface area (Å²) in [7, 11) is 0. The topological polar surface area (TPSA) is 34.6 Å². The van der Waals surface area contributed by atoms with Gasteiger partial charge in [-0.2, -0.15) is 0 Å². The third-order valence-corrected chi connectivity index (χ3v) is 5.55. The highest BCUT2D eigenvalue weighted by molar-refractivity contribution is 5.55. The number of hydrogen-bond donors (Lipinski definition) is 0. The van der Waals surface area contributed by atoms with Crippen molar-refractivity contribution in [3.8, 4) is 0 Å². The van der Waals surface area contributed by atoms with E-state index in [1.165, 1.54) is 34.6 Å². The molecule has 0 radical (unpaired) electrons. The largest absolute Gasteiger partial charge is 0.307 e. The van der Waals surface area contributed by atoms with E-state index in [9.17, 15) is 4.39 Å². The zero-order valence-electron chi connectivity index (χ0n) is 14.5. The van der Waals surface area contributed by atoms with E-state index in [1.54, 1.807) is 6.20 Å². The molecule has 5 heteroatoms. The third kappa shape index (κ3) is 2.11. The lowest BCUT2D eigenvalue weighted by Crippen LogP contribution is -1.92. The molecule has 1 aliphatic carbocycles. The Morgan fingerprint density at radius 3 is 2.76 bits per heavy atom. The summed E-state index contributed by atoms with van der Waals surface area (Å²) in [5.74, 6) is 0.515. The first kappa shape index (κ1) is 14.6. The number of rotatable bonds is 2. The molecule has 25 heavy (non-hydrogen) atoms. The van der Waals surface area contributed by atoms with E-state index >= 15 is 0 Å². The summed E-state index contributed by atoms with van der Waals surface area (Å²) in [4.78, 5) is 9.56. The molecule has 0 amide bonds. The maximum atomic E-state index is 13.4. The van der Waals surface area contributed by atoms with Gasteiger partial charge in [0.15, 0.2) is 0 Å². The van der Waals surface area contributed by atoms with E-state index in [0.29, 0.717) is 17.5 Å². The Morgan fingerprint density at radius 1 is 1.08 bits per heavy atom. The average Bonchev–Trinajstić information content (AvgIpc) is 3.15. The van der Waals surface area contributed by atoms with E-state index in [2.05, 4.69) is 42.4 Å². The summed E-state index contributed by atoms with van der Waals surface area (Å²) < 4.78 is 17.5. The number of imidazole rings is 2. The minimum Gasteiger partial charge on any atom is -0.307 e. The molecule has 1 aliphatic rings. The lowest BCUT2D eigenvalue weighted by atomic mass is 10.2. The fourth-order valence-electron chi connectivity index (χ4n) is 3.80. The molecule has 1 saturated carbocycles. The minimum absolute atomic E-state index is 0.251. The Morgan fingerprint density at radius 2 is 1.92 bits per heavy atom. The van der Waals surface area contributed by atoms with Crippen molar-refractivity contribution in [2.75, 3.05) is 0 Å². The van der Waals surface area contributed by atoms with Crippen LogP contribution in [0.1, 0.15) is 46.5 Å². The molecule has 5 rings (SSSR count). The quantitative estimate of drug-likeness (QED) is 0.547. The molecule has 0 saturated heterocycles. The first-order valence-electron chi connectivity index (χ1n) is 8.62. The highest BCUT2D eigenvalue weighted by Crippen LogP contribution is 2.54. The van der Waals surface area contributed by atoms with Crippen LogP contribution in [0.5, 0.6) is 0 Å². The molecule has 0 aromatic carbocycles. The zero-order valence-corrected chi connectivity index (χ0v) is 14.5. The SMILES string of the molecule is Cc1ccn2c(C)c(C3CC3c3cn4ccc(F)cc4n3)nc2c1C. The Hall–Kier alpha value is -2.69. The van der Waals surface area contributed by atoms with Crippen molar-refractivity contribution in [2.45, 2.75) is 39.0 Å². The molecule has 0 spiro atoms. The van der Waals surface area contributed by atoms with Crippen LogP contribution in [-0.2, 0) is 0 Å². The van der Waals surface area contributed by atoms with E-state index in [4.69, 9.17) is 4.98 Å². The van der Waals surface area contributed by atoms with Gasteiger partial charge in [0.1, 0.15) is 17.1 Å². The highest BCUT2D eigenvalue weighted by atomic mass is 19.1. The predicted octanol–water partition coefficient (Wildman–Crippen LogP) is 4.32. The van der Waals surface area contributed by atoms with Gasteiger partial charge in [-0.1, -0.05) is 0 Å². The van der Waals surface area contributed by atoms with Crippen molar-refractivity contribution in [3.05, 3.63) is 70.8 Å². The van der Waals surface area contributed by atoms with Crippen molar-refractivity contribution in [1.82, 2.24) is 18.8 Å². The Balaban J connectivity index is 1.54. The van der Waals surface area contributed by atoms with Crippen LogP contribution in [-0.4, -0.2) is 18.8 Å². The fraction of sp³-hybridized carbons (Fsp3) is 0.300. The second kappa shape index (κ2) is 4.91. The fourth-order valence-corrected chi connectivity index (χ4v) is 3.80. The predicted molar refractivity (Wildman–Crippen MR) is 94.7 cm³/mol. The molecular weight excluding hydrogens is 315 g/mol. The molecule has 2 unspecified atom stereocenters. The van der Waals surface area contributed by atoms with Gasteiger partial charge in [0, 0.05) is 42.2 Å². The Bertz CT molecular complexity index is 1140. The van der Waals surface area contributed by atoms with Gasteiger partial charge in [0.25, 0.3) is 0 Å². The van der Waals surface area contributed by atoms with Crippen LogP contribution < -0.4 is 0 Å². The van der Waals surface area contributed by atoms with E-state index in [1.807, 2.05) is 10.6 Å². The van der Waals surface area contributed by atoms with Gasteiger partial charge >= 0.3 is 0 Å². The molecule has 4 aromatic rings. The van der Waals surface area contributed by atoms with E-state index < -0.39 is 0 Å². The first-order chi connectivity index (χ1) is 12.0. The molecule has 2 atom stereocenters. The molecule has 4 heterocycles. The summed E-state index contributed by atoms with van der Waals surface area (Å²) in [5, 5.41) is 0. The van der Waals surface area contributed by atoms with Crippen LogP contribution in [0.2, 0.25) is 0 Å². The zero-order chi connectivity index (χ0) is 17.3. The summed E-state index contributed by atoms with van der Waals surface area (Å²) in [5.41, 5.74) is 7.62. The maximum Gasteiger partial charge on any atom is 0.140 e. The normalized spacial score (nSPS) is 19.8. The van der Waals surface area contributed by atoms with Crippen LogP contribution in [0.25, 0.3) is 11.3 Å². The van der Waals surface area contributed by atoms with Crippen LogP contribution >= 0.6 is 0 Å². The molecule has 4 aromatic heterocycles. The van der Waals surface area contributed by atoms with Crippen molar-refractivity contribution < 1.29 is 4.39 Å². The highest BCUT2D eigenvalue weighted by Gasteiger charge is 2.44. The van der Waals surface area contributed by atoms with Crippen LogP contribution in [0.15, 0.2) is 36.8 Å². The Kier molecular flexibility index (Phi) is 2.87. The van der Waals surface area contributed by atoms with Crippen molar-refractivity contribution >= 4 is 11.3 Å². The van der Waals surface area contributed by atoms with E-state index in [-0.39, 0.29) is 5.82 Å². The minimum atomic E-state index is -0.251. The molecule has 0 bridgehead atoms. The molecular formula is C20H19FN4. The molecule has 1 fully saturated rings. The van der Waals surface area contributed by atoms with Crippen LogP contribution in [0, 0.1) is 26.6 Å². The summed E-state index contributed by atoms with van der Waals surface area (Å²) in [6, 6.07) is 5.07. The number of aryl methyl sites for hydroxylation is 3. The average molecular weight is 334 g/mol. The standard InChI is InChI=1S/C20H19FN4/c1-11-4-7-25-13(3)19(23-20(25)12(11)2)16-9-15(16)17-10-24-6-5-14(21)8-18(24)22-17/h4-8,10,15-16H,9H2,1-3H3. The second-order valence-corrected chi connectivity index (χ2v) is 7.12. The number of halogens is 1. The lowest BCUT2D eigenvalue weighted by molar-refractivity contribution is 0.626. The van der Waals surface area contributed by atoms with E-state index in [0.717, 1.165) is 17.8 Å². The van der Waals surface area contributed by atoms with Gasteiger partial charge in [-0.3, -0.25) is 0 Å². The lowest BCUT2D eigenvalue weighted by Gasteiger charge is -2.02. The van der Waals surface area contributed by atoms with Crippen LogP contribution in [0.4, 0.5) is 4.39 Å². The van der Waals surface area contributed by atoms with Gasteiger partial charge < -0.3 is 8.80 Å². The number of hydrogen-bond acceptors (Lipinski definition) is 2. The van der Waals surface area contributed by atoms with Gasteiger partial charge in [-0.15, -0.1) is 0 Å². The summed E-state index contributed by atoms with van der Waals surface area (Å²) in [6.07, 6.45) is 6.89. The van der Waals surface area contributed by atoms with Gasteiger partial charge in [0.05, 0.1) is 11.4 Å². The van der Waals surface area contributed by atoms with Crippen molar-refractivity contribution in [2.24, 2.45) is 0 Å². The number of nitrogens with zero attached hydrogens (tertiary/aromatic N) is 4. The maximum absolute atomic E-state index is 13.4. The number of pyridine rings is 2. The molecule has 0 N–H and O–H groups in total. The molecule has 4 nitrogen and oxygen atoms in total. The van der Waals surface area contributed by atoms with Crippen molar-refractivity contribution in [1.29, 1.82) is 0 Å². The monoisotopic (exact) mass is 334 g/mol. The molecule has 126 valence electrons. The second-order valence-electron chi connectivity index (χ2n) is 7.12. The number of fused-ring (bicyclic) bond motifs is 2. The third-order valence-electron chi connectivity index (χ3n) is 5.55. The molecule has 0 aliphatic heterocycles.